The quantitative estimate of drug-likeness (QED) is 0.299. The summed E-state index contributed by atoms with van der Waals surface area (Å²) in [5.41, 5.74) is 1.02. The maximum atomic E-state index is 11.3. The zero-order valence-corrected chi connectivity index (χ0v) is 20.4. The Hall–Kier alpha value is -3.22. The molecule has 0 spiro atoms. The highest BCUT2D eigenvalue weighted by Crippen LogP contribution is 2.36. The molecule has 4 rings (SSSR count). The second-order valence-electron chi connectivity index (χ2n) is 8.87. The van der Waals surface area contributed by atoms with Crippen LogP contribution in [0.1, 0.15) is 44.6 Å². The summed E-state index contributed by atoms with van der Waals surface area (Å²) in [7, 11) is 0. The summed E-state index contributed by atoms with van der Waals surface area (Å²) in [5.74, 6) is 1.19. The van der Waals surface area contributed by atoms with Crippen LogP contribution < -0.4 is 10.1 Å². The number of nitriles is 1. The molecule has 9 nitrogen and oxygen atoms in total. The number of rotatable bonds is 10. The maximum absolute atomic E-state index is 11.3. The summed E-state index contributed by atoms with van der Waals surface area (Å²) in [6, 6.07) is 13.1. The Balaban J connectivity index is 0.00000108. The average Bonchev–Trinajstić information content (AvgIpc) is 3.41. The third kappa shape index (κ3) is 7.64. The molecule has 2 fully saturated rings. The molecule has 1 aromatic heterocycles. The van der Waals surface area contributed by atoms with E-state index in [1.54, 1.807) is 18.3 Å². The van der Waals surface area contributed by atoms with E-state index in [2.05, 4.69) is 27.3 Å². The number of ether oxygens (including phenoxy) is 2. The third-order valence-corrected chi connectivity index (χ3v) is 6.58. The molecule has 2 aliphatic rings. The fraction of sp³-hybridized carbons (Fsp3) is 0.538. The fourth-order valence-corrected chi connectivity index (χ4v) is 4.65. The number of anilines is 1. The highest BCUT2D eigenvalue weighted by atomic mass is 16.6. The van der Waals surface area contributed by atoms with Gasteiger partial charge in [-0.1, -0.05) is 12.1 Å². The van der Waals surface area contributed by atoms with Crippen molar-refractivity contribution in [2.24, 2.45) is 0 Å². The first-order valence-electron chi connectivity index (χ1n) is 12.3. The van der Waals surface area contributed by atoms with Gasteiger partial charge in [0.1, 0.15) is 5.75 Å². The average molecular weight is 482 g/mol. The van der Waals surface area contributed by atoms with Gasteiger partial charge >= 0.3 is 5.69 Å². The molecule has 0 bridgehead atoms. The smallest absolute Gasteiger partial charge is 0.311 e. The van der Waals surface area contributed by atoms with Crippen LogP contribution >= 0.6 is 0 Å². The zero-order valence-electron chi connectivity index (χ0n) is 20.4. The van der Waals surface area contributed by atoms with Crippen molar-refractivity contribution >= 4 is 11.5 Å². The number of benzene rings is 1. The van der Waals surface area contributed by atoms with Gasteiger partial charge in [-0.05, 0) is 69.0 Å². The SMILES string of the molecule is CC#N.O=[N+]([O-])c1cccnc1NCC1(c2ccc(OCCCN3CCCC3)cc2)CCOCC1. The van der Waals surface area contributed by atoms with Crippen molar-refractivity contribution in [2.45, 2.75) is 44.4 Å². The first-order chi connectivity index (χ1) is 17.1. The maximum Gasteiger partial charge on any atom is 0.311 e. The summed E-state index contributed by atoms with van der Waals surface area (Å²) >= 11 is 0. The normalized spacial score (nSPS) is 17.0. The van der Waals surface area contributed by atoms with Gasteiger partial charge in [-0.25, -0.2) is 4.98 Å². The molecular formula is C26H35N5O4. The zero-order chi connectivity index (χ0) is 24.9. The second kappa shape index (κ2) is 13.6. The van der Waals surface area contributed by atoms with Crippen LogP contribution in [-0.4, -0.2) is 60.8 Å². The first kappa shape index (κ1) is 26.4. The summed E-state index contributed by atoms with van der Waals surface area (Å²) in [6.45, 7) is 7.59. The van der Waals surface area contributed by atoms with Gasteiger partial charge in [0.2, 0.25) is 5.82 Å². The first-order valence-corrected chi connectivity index (χ1v) is 12.3. The van der Waals surface area contributed by atoms with Gasteiger partial charge < -0.3 is 19.7 Å². The topological polar surface area (TPSA) is 114 Å². The molecule has 3 heterocycles. The monoisotopic (exact) mass is 481 g/mol. The van der Waals surface area contributed by atoms with Crippen LogP contribution in [0.15, 0.2) is 42.6 Å². The van der Waals surface area contributed by atoms with Crippen molar-refractivity contribution in [3.05, 3.63) is 58.3 Å². The van der Waals surface area contributed by atoms with Crippen LogP contribution in [0.2, 0.25) is 0 Å². The summed E-state index contributed by atoms with van der Waals surface area (Å²) in [4.78, 5) is 17.6. The summed E-state index contributed by atoms with van der Waals surface area (Å²) < 4.78 is 11.6. The molecule has 2 aliphatic heterocycles. The fourth-order valence-electron chi connectivity index (χ4n) is 4.65. The van der Waals surface area contributed by atoms with E-state index in [0.29, 0.717) is 25.6 Å². The number of pyridine rings is 1. The molecule has 0 saturated carbocycles. The number of nitrogens with one attached hydrogen (secondary N) is 1. The molecule has 0 amide bonds. The van der Waals surface area contributed by atoms with E-state index in [0.717, 1.165) is 38.2 Å². The summed E-state index contributed by atoms with van der Waals surface area (Å²) in [5, 5.41) is 21.9. The van der Waals surface area contributed by atoms with Crippen molar-refractivity contribution in [2.75, 3.05) is 51.3 Å². The van der Waals surface area contributed by atoms with Crippen LogP contribution in [0.5, 0.6) is 5.75 Å². The van der Waals surface area contributed by atoms with Crippen molar-refractivity contribution in [3.8, 4) is 11.8 Å². The molecule has 0 atom stereocenters. The van der Waals surface area contributed by atoms with Gasteiger partial charge in [-0.15, -0.1) is 0 Å². The number of nitrogens with zero attached hydrogens (tertiary/aromatic N) is 4. The van der Waals surface area contributed by atoms with E-state index in [1.807, 2.05) is 12.1 Å². The van der Waals surface area contributed by atoms with E-state index in [4.69, 9.17) is 14.7 Å². The summed E-state index contributed by atoms with van der Waals surface area (Å²) in [6.07, 6.45) is 6.93. The van der Waals surface area contributed by atoms with E-state index < -0.39 is 4.92 Å². The lowest BCUT2D eigenvalue weighted by Gasteiger charge is -2.38. The number of hydrogen-bond donors (Lipinski definition) is 1. The molecule has 2 saturated heterocycles. The Labute approximate surface area is 207 Å². The molecule has 188 valence electrons. The minimum absolute atomic E-state index is 0.00705. The van der Waals surface area contributed by atoms with Gasteiger partial charge in [-0.2, -0.15) is 5.26 Å². The molecule has 35 heavy (non-hydrogen) atoms. The highest BCUT2D eigenvalue weighted by molar-refractivity contribution is 5.55. The third-order valence-electron chi connectivity index (χ3n) is 6.58. The van der Waals surface area contributed by atoms with Gasteiger partial charge in [0.25, 0.3) is 0 Å². The van der Waals surface area contributed by atoms with Gasteiger partial charge in [-0.3, -0.25) is 10.1 Å². The van der Waals surface area contributed by atoms with Crippen molar-refractivity contribution < 1.29 is 14.4 Å². The lowest BCUT2D eigenvalue weighted by Crippen LogP contribution is -2.40. The lowest BCUT2D eigenvalue weighted by atomic mass is 9.74. The number of likely N-dealkylation sites (tertiary alicyclic amines) is 1. The highest BCUT2D eigenvalue weighted by Gasteiger charge is 2.35. The Morgan fingerprint density at radius 1 is 1.23 bits per heavy atom. The van der Waals surface area contributed by atoms with E-state index in [9.17, 15) is 10.1 Å². The van der Waals surface area contributed by atoms with Crippen LogP contribution in [0.4, 0.5) is 11.5 Å². The molecule has 2 aromatic rings. The van der Waals surface area contributed by atoms with E-state index >= 15 is 0 Å². The molecule has 1 N–H and O–H groups in total. The molecule has 1 aromatic carbocycles. The van der Waals surface area contributed by atoms with Crippen LogP contribution in [0, 0.1) is 21.4 Å². The van der Waals surface area contributed by atoms with Crippen LogP contribution in [0.25, 0.3) is 0 Å². The minimum atomic E-state index is -0.401. The Kier molecular flexibility index (Phi) is 10.3. The second-order valence-corrected chi connectivity index (χ2v) is 8.87. The van der Waals surface area contributed by atoms with Gasteiger partial charge in [0.05, 0.1) is 17.6 Å². The Morgan fingerprint density at radius 2 is 1.91 bits per heavy atom. The molecule has 0 radical (unpaired) electrons. The lowest BCUT2D eigenvalue weighted by molar-refractivity contribution is -0.384. The van der Waals surface area contributed by atoms with Crippen LogP contribution in [-0.2, 0) is 10.2 Å². The Bertz CT molecular complexity index is 964. The minimum Gasteiger partial charge on any atom is -0.494 e. The largest absolute Gasteiger partial charge is 0.494 e. The number of nitro groups is 1. The molecule has 0 aliphatic carbocycles. The van der Waals surface area contributed by atoms with Gasteiger partial charge in [0.15, 0.2) is 0 Å². The van der Waals surface area contributed by atoms with E-state index in [-0.39, 0.29) is 11.1 Å². The predicted molar refractivity (Wildman–Crippen MR) is 135 cm³/mol. The molecule has 9 heteroatoms. The molecule has 0 unspecified atom stereocenters. The van der Waals surface area contributed by atoms with Crippen LogP contribution in [0.3, 0.4) is 0 Å². The van der Waals surface area contributed by atoms with Crippen molar-refractivity contribution in [1.82, 2.24) is 9.88 Å². The number of aromatic nitrogens is 1. The predicted octanol–water partition coefficient (Wildman–Crippen LogP) is 4.54. The van der Waals surface area contributed by atoms with E-state index in [1.165, 1.54) is 44.5 Å². The standard InChI is InChI=1S/C24H32N4O4.C2H3N/c29-28(30)22-5-3-12-25-23(22)26-19-24(10-17-31-18-11-24)20-6-8-21(9-7-20)32-16-4-15-27-13-1-2-14-27;1-2-3/h3,5-9,12H,1-2,4,10-11,13-19H2,(H,25,26);1H3. The van der Waals surface area contributed by atoms with Crippen molar-refractivity contribution in [1.29, 1.82) is 5.26 Å². The van der Waals surface area contributed by atoms with Crippen molar-refractivity contribution in [3.63, 3.8) is 0 Å². The Morgan fingerprint density at radius 3 is 2.57 bits per heavy atom. The van der Waals surface area contributed by atoms with Gasteiger partial charge in [0, 0.05) is 50.9 Å². The molecular weight excluding hydrogens is 446 g/mol. The number of hydrogen-bond acceptors (Lipinski definition) is 8.